The molecule has 5 nitrogen and oxygen atoms in total. The first-order valence-electron chi connectivity index (χ1n) is 5.07. The van der Waals surface area contributed by atoms with E-state index in [9.17, 15) is 5.11 Å². The number of rotatable bonds is 5. The highest BCUT2D eigenvalue weighted by molar-refractivity contribution is 5.19. The molecule has 1 fully saturated rings. The van der Waals surface area contributed by atoms with Crippen LogP contribution >= 0.6 is 0 Å². The normalized spacial score (nSPS) is 17.5. The SMILES string of the molecule is COc1nccnc1C(O)CNC1CC1. The van der Waals surface area contributed by atoms with Crippen LogP contribution in [0.15, 0.2) is 12.4 Å². The summed E-state index contributed by atoms with van der Waals surface area (Å²) in [5, 5.41) is 13.1. The summed E-state index contributed by atoms with van der Waals surface area (Å²) in [5.74, 6) is 0.391. The second kappa shape index (κ2) is 4.55. The Morgan fingerprint density at radius 3 is 2.93 bits per heavy atom. The summed E-state index contributed by atoms with van der Waals surface area (Å²) < 4.78 is 5.03. The van der Waals surface area contributed by atoms with E-state index in [4.69, 9.17) is 4.74 Å². The molecule has 0 bridgehead atoms. The molecule has 1 aromatic heterocycles. The zero-order valence-electron chi connectivity index (χ0n) is 8.68. The summed E-state index contributed by atoms with van der Waals surface area (Å²) in [6.45, 7) is 0.500. The van der Waals surface area contributed by atoms with E-state index >= 15 is 0 Å². The summed E-state index contributed by atoms with van der Waals surface area (Å²) >= 11 is 0. The Balaban J connectivity index is 1.98. The van der Waals surface area contributed by atoms with Crippen molar-refractivity contribution in [2.75, 3.05) is 13.7 Å². The standard InChI is InChI=1S/C10H15N3O2/c1-15-10-9(11-4-5-12-10)8(14)6-13-7-2-3-7/h4-5,7-8,13-14H,2-3,6H2,1H3. The molecule has 15 heavy (non-hydrogen) atoms. The molecule has 1 saturated carbocycles. The zero-order chi connectivity index (χ0) is 10.7. The number of aliphatic hydroxyl groups excluding tert-OH is 1. The van der Waals surface area contributed by atoms with Crippen molar-refractivity contribution in [3.05, 3.63) is 18.1 Å². The van der Waals surface area contributed by atoms with Gasteiger partial charge in [-0.2, -0.15) is 0 Å². The first kappa shape index (κ1) is 10.3. The molecule has 0 radical (unpaired) electrons. The van der Waals surface area contributed by atoms with E-state index in [0.29, 0.717) is 24.2 Å². The lowest BCUT2D eigenvalue weighted by Gasteiger charge is -2.12. The summed E-state index contributed by atoms with van der Waals surface area (Å²) in [6, 6.07) is 0.572. The van der Waals surface area contributed by atoms with Crippen LogP contribution in [0.3, 0.4) is 0 Å². The third kappa shape index (κ3) is 2.64. The minimum absolute atomic E-state index is 0.391. The molecule has 1 aromatic rings. The van der Waals surface area contributed by atoms with Gasteiger partial charge in [-0.3, -0.25) is 4.98 Å². The molecule has 1 atom stereocenters. The molecular formula is C10H15N3O2. The van der Waals surface area contributed by atoms with Gasteiger partial charge in [0.15, 0.2) is 0 Å². The van der Waals surface area contributed by atoms with Gasteiger partial charge in [0.1, 0.15) is 11.8 Å². The summed E-state index contributed by atoms with van der Waals surface area (Å²) in [4.78, 5) is 8.06. The van der Waals surface area contributed by atoms with Gasteiger partial charge < -0.3 is 15.2 Å². The van der Waals surface area contributed by atoms with Gasteiger partial charge >= 0.3 is 0 Å². The van der Waals surface area contributed by atoms with Crippen LogP contribution in [0.25, 0.3) is 0 Å². The van der Waals surface area contributed by atoms with Crippen LogP contribution in [0.4, 0.5) is 0 Å². The second-order valence-corrected chi connectivity index (χ2v) is 3.65. The fraction of sp³-hybridized carbons (Fsp3) is 0.600. The van der Waals surface area contributed by atoms with Gasteiger partial charge in [0.05, 0.1) is 7.11 Å². The summed E-state index contributed by atoms with van der Waals surface area (Å²) in [6.07, 6.45) is 4.84. The van der Waals surface area contributed by atoms with Crippen LogP contribution in [0, 0.1) is 0 Å². The smallest absolute Gasteiger partial charge is 0.238 e. The predicted octanol–water partition coefficient (Wildman–Crippen LogP) is 0.271. The minimum Gasteiger partial charge on any atom is -0.480 e. The molecule has 0 amide bonds. The van der Waals surface area contributed by atoms with Crippen molar-refractivity contribution in [1.82, 2.24) is 15.3 Å². The number of hydrogen-bond acceptors (Lipinski definition) is 5. The van der Waals surface area contributed by atoms with Crippen LogP contribution in [-0.4, -0.2) is 34.8 Å². The molecule has 0 aromatic carbocycles. The van der Waals surface area contributed by atoms with Crippen molar-refractivity contribution in [2.24, 2.45) is 0 Å². The number of methoxy groups -OCH3 is 1. The maximum atomic E-state index is 9.86. The molecule has 0 aliphatic heterocycles. The topological polar surface area (TPSA) is 67.3 Å². The fourth-order valence-corrected chi connectivity index (χ4v) is 1.38. The van der Waals surface area contributed by atoms with Crippen LogP contribution in [0.5, 0.6) is 5.88 Å². The van der Waals surface area contributed by atoms with Crippen LogP contribution in [0.1, 0.15) is 24.6 Å². The Hall–Kier alpha value is -1.20. The van der Waals surface area contributed by atoms with Crippen molar-refractivity contribution < 1.29 is 9.84 Å². The van der Waals surface area contributed by atoms with Gasteiger partial charge in [-0.15, -0.1) is 0 Å². The van der Waals surface area contributed by atoms with Gasteiger partial charge in [0.25, 0.3) is 0 Å². The Morgan fingerprint density at radius 1 is 1.53 bits per heavy atom. The number of aromatic nitrogens is 2. The predicted molar refractivity (Wildman–Crippen MR) is 54.6 cm³/mol. The molecule has 0 spiro atoms. The molecule has 1 aliphatic carbocycles. The quantitative estimate of drug-likeness (QED) is 0.728. The third-order valence-corrected chi connectivity index (χ3v) is 2.38. The molecule has 1 unspecified atom stereocenters. The molecule has 0 saturated heterocycles. The number of aliphatic hydroxyl groups is 1. The van der Waals surface area contributed by atoms with Gasteiger partial charge in [0, 0.05) is 25.0 Å². The van der Waals surface area contributed by atoms with Crippen molar-refractivity contribution in [3.8, 4) is 5.88 Å². The Labute approximate surface area is 88.5 Å². The van der Waals surface area contributed by atoms with E-state index in [1.807, 2.05) is 0 Å². The zero-order valence-corrected chi connectivity index (χ0v) is 8.68. The molecule has 1 aliphatic rings. The Bertz CT molecular complexity index is 328. The monoisotopic (exact) mass is 209 g/mol. The minimum atomic E-state index is -0.658. The van der Waals surface area contributed by atoms with Crippen molar-refractivity contribution >= 4 is 0 Å². The van der Waals surface area contributed by atoms with Gasteiger partial charge in [-0.25, -0.2) is 4.98 Å². The third-order valence-electron chi connectivity index (χ3n) is 2.38. The molecule has 1 heterocycles. The number of hydrogen-bond donors (Lipinski definition) is 2. The van der Waals surface area contributed by atoms with E-state index in [-0.39, 0.29) is 0 Å². The van der Waals surface area contributed by atoms with Crippen molar-refractivity contribution in [3.63, 3.8) is 0 Å². The lowest BCUT2D eigenvalue weighted by atomic mass is 10.2. The van der Waals surface area contributed by atoms with E-state index < -0.39 is 6.10 Å². The van der Waals surface area contributed by atoms with Gasteiger partial charge in [-0.05, 0) is 12.8 Å². The lowest BCUT2D eigenvalue weighted by Crippen LogP contribution is -2.24. The Morgan fingerprint density at radius 2 is 2.27 bits per heavy atom. The highest BCUT2D eigenvalue weighted by Crippen LogP contribution is 2.22. The largest absolute Gasteiger partial charge is 0.480 e. The van der Waals surface area contributed by atoms with E-state index in [2.05, 4.69) is 15.3 Å². The van der Waals surface area contributed by atoms with Crippen molar-refractivity contribution in [1.29, 1.82) is 0 Å². The highest BCUT2D eigenvalue weighted by atomic mass is 16.5. The number of nitrogens with zero attached hydrogens (tertiary/aromatic N) is 2. The van der Waals surface area contributed by atoms with Crippen LogP contribution < -0.4 is 10.1 Å². The first-order chi connectivity index (χ1) is 7.31. The van der Waals surface area contributed by atoms with E-state index in [1.165, 1.54) is 20.0 Å². The molecule has 82 valence electrons. The average molecular weight is 209 g/mol. The lowest BCUT2D eigenvalue weighted by molar-refractivity contribution is 0.164. The number of ether oxygens (including phenoxy) is 1. The summed E-state index contributed by atoms with van der Waals surface area (Å²) in [7, 11) is 1.52. The van der Waals surface area contributed by atoms with E-state index in [0.717, 1.165) is 0 Å². The molecule has 2 N–H and O–H groups in total. The second-order valence-electron chi connectivity index (χ2n) is 3.65. The van der Waals surface area contributed by atoms with Gasteiger partial charge in [-0.1, -0.05) is 0 Å². The number of nitrogens with one attached hydrogen (secondary N) is 1. The fourth-order valence-electron chi connectivity index (χ4n) is 1.38. The maximum Gasteiger partial charge on any atom is 0.238 e. The molecule has 2 rings (SSSR count). The summed E-state index contributed by atoms with van der Waals surface area (Å²) in [5.41, 5.74) is 0.494. The van der Waals surface area contributed by atoms with Gasteiger partial charge in [0.2, 0.25) is 5.88 Å². The maximum absolute atomic E-state index is 9.86. The average Bonchev–Trinajstić information content (AvgIpc) is 3.09. The first-order valence-corrected chi connectivity index (χ1v) is 5.07. The molecular weight excluding hydrogens is 194 g/mol. The van der Waals surface area contributed by atoms with Crippen LogP contribution in [-0.2, 0) is 0 Å². The van der Waals surface area contributed by atoms with E-state index in [1.54, 1.807) is 12.4 Å². The highest BCUT2D eigenvalue weighted by Gasteiger charge is 2.23. The van der Waals surface area contributed by atoms with Crippen LogP contribution in [0.2, 0.25) is 0 Å². The molecule has 5 heteroatoms. The van der Waals surface area contributed by atoms with Crippen molar-refractivity contribution in [2.45, 2.75) is 25.0 Å². The Kier molecular flexibility index (Phi) is 3.13.